The number of hydrogen-bond donors (Lipinski definition) is 1. The molecule has 0 atom stereocenters. The first kappa shape index (κ1) is 19.2. The minimum absolute atomic E-state index is 0.0480. The molecule has 1 heterocycles. The van der Waals surface area contributed by atoms with E-state index >= 15 is 0 Å². The van der Waals surface area contributed by atoms with Crippen molar-refractivity contribution in [3.05, 3.63) is 80.6 Å². The average molecular weight is 399 g/mol. The van der Waals surface area contributed by atoms with Crippen molar-refractivity contribution in [2.75, 3.05) is 0 Å². The molecule has 0 unspecified atom stereocenters. The van der Waals surface area contributed by atoms with E-state index < -0.39 is 10.8 Å². The van der Waals surface area contributed by atoms with Crippen LogP contribution in [-0.4, -0.2) is 31.5 Å². The van der Waals surface area contributed by atoms with Gasteiger partial charge in [-0.1, -0.05) is 28.9 Å². The third-order valence-corrected chi connectivity index (χ3v) is 4.17. The molecule has 3 aromatic rings. The SMILES string of the molecule is C/C(=N\NC(=O)c1cccc(Cl)c1)c1nnn(-c2cccc([N+](=O)[O-])c2)c1C. The summed E-state index contributed by atoms with van der Waals surface area (Å²) >= 11 is 5.88. The van der Waals surface area contributed by atoms with Crippen LogP contribution in [0.4, 0.5) is 5.69 Å². The van der Waals surface area contributed by atoms with Crippen LogP contribution in [0.1, 0.15) is 28.7 Å². The van der Waals surface area contributed by atoms with Gasteiger partial charge in [-0.15, -0.1) is 5.10 Å². The van der Waals surface area contributed by atoms with Crippen LogP contribution in [0.2, 0.25) is 5.02 Å². The van der Waals surface area contributed by atoms with Crippen molar-refractivity contribution in [1.29, 1.82) is 0 Å². The first-order valence-corrected chi connectivity index (χ1v) is 8.52. The highest BCUT2D eigenvalue weighted by Gasteiger charge is 2.15. The molecule has 0 fully saturated rings. The van der Waals surface area contributed by atoms with Crippen molar-refractivity contribution >= 4 is 28.9 Å². The lowest BCUT2D eigenvalue weighted by Gasteiger charge is -2.04. The largest absolute Gasteiger partial charge is 0.271 e. The van der Waals surface area contributed by atoms with Crippen LogP contribution in [0.15, 0.2) is 53.6 Å². The summed E-state index contributed by atoms with van der Waals surface area (Å²) in [5.74, 6) is -0.412. The van der Waals surface area contributed by atoms with Crippen molar-refractivity contribution in [2.24, 2.45) is 5.10 Å². The summed E-state index contributed by atoms with van der Waals surface area (Å²) < 4.78 is 1.47. The van der Waals surface area contributed by atoms with Crippen LogP contribution in [0.5, 0.6) is 0 Å². The summed E-state index contributed by atoms with van der Waals surface area (Å²) in [5, 5.41) is 23.6. The smallest absolute Gasteiger partial charge is 0.267 e. The molecule has 1 aromatic heterocycles. The Hall–Kier alpha value is -3.59. The Balaban J connectivity index is 1.83. The summed E-state index contributed by atoms with van der Waals surface area (Å²) in [6.07, 6.45) is 0. The Kier molecular flexibility index (Phi) is 5.46. The van der Waals surface area contributed by atoms with Crippen LogP contribution in [0, 0.1) is 17.0 Å². The zero-order valence-electron chi connectivity index (χ0n) is 15.0. The van der Waals surface area contributed by atoms with Gasteiger partial charge in [0, 0.05) is 22.7 Å². The fraction of sp³-hybridized carbons (Fsp3) is 0.111. The zero-order valence-corrected chi connectivity index (χ0v) is 15.7. The van der Waals surface area contributed by atoms with Gasteiger partial charge < -0.3 is 0 Å². The van der Waals surface area contributed by atoms with Gasteiger partial charge in [0.15, 0.2) is 0 Å². The number of rotatable bonds is 5. The standard InChI is InChI=1S/C18H15ClN6O3/c1-11(20-22-18(26)13-5-3-6-14(19)9-13)17-12(2)24(23-21-17)15-7-4-8-16(10-15)25(27)28/h3-10H,1-2H3,(H,22,26)/b20-11+. The minimum atomic E-state index is -0.477. The molecule has 1 amide bonds. The normalized spacial score (nSPS) is 11.3. The molecule has 0 spiro atoms. The molecule has 3 rings (SSSR count). The van der Waals surface area contributed by atoms with Gasteiger partial charge in [-0.3, -0.25) is 14.9 Å². The van der Waals surface area contributed by atoms with Gasteiger partial charge in [0.25, 0.3) is 11.6 Å². The number of nitro groups is 1. The molecule has 0 aliphatic heterocycles. The molecule has 0 radical (unpaired) electrons. The summed E-state index contributed by atoms with van der Waals surface area (Å²) in [6.45, 7) is 3.43. The topological polar surface area (TPSA) is 115 Å². The molecule has 2 aromatic carbocycles. The lowest BCUT2D eigenvalue weighted by atomic mass is 10.2. The van der Waals surface area contributed by atoms with Crippen LogP contribution >= 0.6 is 11.6 Å². The molecule has 0 saturated carbocycles. The van der Waals surface area contributed by atoms with Gasteiger partial charge in [-0.25, -0.2) is 10.1 Å². The van der Waals surface area contributed by atoms with E-state index in [4.69, 9.17) is 11.6 Å². The number of amides is 1. The first-order valence-electron chi connectivity index (χ1n) is 8.14. The molecule has 0 saturated heterocycles. The number of aromatic nitrogens is 3. The van der Waals surface area contributed by atoms with E-state index in [2.05, 4.69) is 20.8 Å². The highest BCUT2D eigenvalue weighted by Crippen LogP contribution is 2.18. The van der Waals surface area contributed by atoms with Gasteiger partial charge in [0.05, 0.1) is 22.0 Å². The second kappa shape index (κ2) is 7.97. The van der Waals surface area contributed by atoms with E-state index in [0.29, 0.717) is 33.4 Å². The summed E-state index contributed by atoms with van der Waals surface area (Å²) in [5.41, 5.74) is 4.79. The predicted molar refractivity (Wildman–Crippen MR) is 104 cm³/mol. The van der Waals surface area contributed by atoms with E-state index in [1.165, 1.54) is 22.9 Å². The van der Waals surface area contributed by atoms with Crippen LogP contribution < -0.4 is 5.43 Å². The highest BCUT2D eigenvalue weighted by molar-refractivity contribution is 6.30. The van der Waals surface area contributed by atoms with Crippen molar-refractivity contribution in [3.63, 3.8) is 0 Å². The summed E-state index contributed by atoms with van der Waals surface area (Å²) in [4.78, 5) is 22.6. The van der Waals surface area contributed by atoms with E-state index in [-0.39, 0.29) is 5.69 Å². The minimum Gasteiger partial charge on any atom is -0.267 e. The fourth-order valence-corrected chi connectivity index (χ4v) is 2.72. The van der Waals surface area contributed by atoms with E-state index in [9.17, 15) is 14.9 Å². The quantitative estimate of drug-likeness (QED) is 0.402. The lowest BCUT2D eigenvalue weighted by molar-refractivity contribution is -0.384. The van der Waals surface area contributed by atoms with Gasteiger partial charge in [-0.2, -0.15) is 5.10 Å². The second-order valence-corrected chi connectivity index (χ2v) is 6.30. The lowest BCUT2D eigenvalue weighted by Crippen LogP contribution is -2.19. The van der Waals surface area contributed by atoms with E-state index in [1.54, 1.807) is 44.2 Å². The predicted octanol–water partition coefficient (Wildman–Crippen LogP) is 3.29. The number of hydrogen-bond acceptors (Lipinski definition) is 6. The van der Waals surface area contributed by atoms with Crippen LogP contribution in [0.3, 0.4) is 0 Å². The molecule has 142 valence electrons. The number of non-ortho nitro benzene ring substituents is 1. The average Bonchev–Trinajstić information content (AvgIpc) is 3.07. The molecule has 0 bridgehead atoms. The zero-order chi connectivity index (χ0) is 20.3. The maximum absolute atomic E-state index is 12.2. The Labute approximate surface area is 164 Å². The van der Waals surface area contributed by atoms with Crippen molar-refractivity contribution in [1.82, 2.24) is 20.4 Å². The fourth-order valence-electron chi connectivity index (χ4n) is 2.53. The molecule has 1 N–H and O–H groups in total. The number of halogens is 1. The molecular weight excluding hydrogens is 384 g/mol. The number of benzene rings is 2. The molecular formula is C18H15ClN6O3. The van der Waals surface area contributed by atoms with E-state index in [1.807, 2.05) is 0 Å². The maximum atomic E-state index is 12.2. The number of carbonyl (C=O) groups excluding carboxylic acids is 1. The maximum Gasteiger partial charge on any atom is 0.271 e. The van der Waals surface area contributed by atoms with E-state index in [0.717, 1.165) is 0 Å². The molecule has 10 heteroatoms. The Morgan fingerprint density at radius 3 is 2.71 bits per heavy atom. The monoisotopic (exact) mass is 398 g/mol. The number of carbonyl (C=O) groups is 1. The molecule has 28 heavy (non-hydrogen) atoms. The number of nitrogens with zero attached hydrogens (tertiary/aromatic N) is 5. The highest BCUT2D eigenvalue weighted by atomic mass is 35.5. The number of hydrazone groups is 1. The number of nitro benzene ring substituents is 1. The Morgan fingerprint density at radius 1 is 1.25 bits per heavy atom. The third-order valence-electron chi connectivity index (χ3n) is 3.93. The van der Waals surface area contributed by atoms with Crippen molar-refractivity contribution < 1.29 is 9.72 Å². The third kappa shape index (κ3) is 4.04. The van der Waals surface area contributed by atoms with Gasteiger partial charge in [0.1, 0.15) is 5.69 Å². The van der Waals surface area contributed by atoms with Gasteiger partial charge >= 0.3 is 0 Å². The van der Waals surface area contributed by atoms with Crippen molar-refractivity contribution in [3.8, 4) is 5.69 Å². The van der Waals surface area contributed by atoms with Crippen molar-refractivity contribution in [2.45, 2.75) is 13.8 Å². The Bertz CT molecular complexity index is 1090. The first-order chi connectivity index (χ1) is 13.4. The number of nitrogens with one attached hydrogen (secondary N) is 1. The summed E-state index contributed by atoms with van der Waals surface area (Å²) in [6, 6.07) is 12.5. The molecule has 0 aliphatic rings. The Morgan fingerprint density at radius 2 is 2.00 bits per heavy atom. The molecule has 9 nitrogen and oxygen atoms in total. The van der Waals surface area contributed by atoms with Gasteiger partial charge in [-0.05, 0) is 38.1 Å². The van der Waals surface area contributed by atoms with Crippen LogP contribution in [-0.2, 0) is 0 Å². The second-order valence-electron chi connectivity index (χ2n) is 5.86. The van der Waals surface area contributed by atoms with Gasteiger partial charge in [0.2, 0.25) is 0 Å². The van der Waals surface area contributed by atoms with Crippen LogP contribution in [0.25, 0.3) is 5.69 Å². The molecule has 0 aliphatic carbocycles. The summed E-state index contributed by atoms with van der Waals surface area (Å²) in [7, 11) is 0.